The highest BCUT2D eigenvalue weighted by molar-refractivity contribution is 5.35. The van der Waals surface area contributed by atoms with Crippen LogP contribution in [0.25, 0.3) is 0 Å². The molecule has 0 aliphatic rings. The van der Waals surface area contributed by atoms with E-state index >= 15 is 0 Å². The summed E-state index contributed by atoms with van der Waals surface area (Å²) in [7, 11) is 1.78. The predicted molar refractivity (Wildman–Crippen MR) is 87.0 cm³/mol. The number of anilines is 2. The van der Waals surface area contributed by atoms with Gasteiger partial charge in [0, 0.05) is 13.6 Å². The van der Waals surface area contributed by atoms with Crippen molar-refractivity contribution in [1.29, 1.82) is 0 Å². The van der Waals surface area contributed by atoms with Crippen LogP contribution in [0.2, 0.25) is 0 Å². The second-order valence-electron chi connectivity index (χ2n) is 5.38. The number of nitrogens with zero attached hydrogens (tertiary/aromatic N) is 3. The van der Waals surface area contributed by atoms with Gasteiger partial charge in [-0.15, -0.1) is 0 Å². The highest BCUT2D eigenvalue weighted by atomic mass is 16.5. The van der Waals surface area contributed by atoms with Gasteiger partial charge in [-0.3, -0.25) is 0 Å². The van der Waals surface area contributed by atoms with Gasteiger partial charge in [0.1, 0.15) is 0 Å². The Morgan fingerprint density at radius 3 is 2.29 bits per heavy atom. The summed E-state index contributed by atoms with van der Waals surface area (Å²) in [6.45, 7) is 7.01. The zero-order valence-electron chi connectivity index (χ0n) is 13.8. The Morgan fingerprint density at radius 1 is 0.952 bits per heavy atom. The molecule has 0 aliphatic carbocycles. The SMILES string of the molecule is CCCCCCCCNc1nc(NC)nc(OC(C)C)n1. The van der Waals surface area contributed by atoms with E-state index < -0.39 is 0 Å². The van der Waals surface area contributed by atoms with E-state index in [4.69, 9.17) is 4.74 Å². The molecule has 2 N–H and O–H groups in total. The van der Waals surface area contributed by atoms with E-state index in [1.807, 2.05) is 13.8 Å². The fraction of sp³-hybridized carbons (Fsp3) is 0.800. The van der Waals surface area contributed by atoms with Crippen LogP contribution in [0, 0.1) is 0 Å². The molecule has 0 amide bonds. The Bertz CT molecular complexity index is 398. The standard InChI is InChI=1S/C15H29N5O/c1-5-6-7-8-9-10-11-17-14-18-13(16-4)19-15(20-14)21-12(2)3/h12H,5-11H2,1-4H3,(H2,16,17,18,19,20). The van der Waals surface area contributed by atoms with E-state index in [2.05, 4.69) is 32.5 Å². The maximum Gasteiger partial charge on any atom is 0.323 e. The summed E-state index contributed by atoms with van der Waals surface area (Å²) in [5.41, 5.74) is 0. The van der Waals surface area contributed by atoms with E-state index in [-0.39, 0.29) is 6.10 Å². The third-order valence-corrected chi connectivity index (χ3v) is 2.99. The van der Waals surface area contributed by atoms with Crippen molar-refractivity contribution >= 4 is 11.9 Å². The average Bonchev–Trinajstić information content (AvgIpc) is 2.45. The number of nitrogens with one attached hydrogen (secondary N) is 2. The maximum atomic E-state index is 5.53. The van der Waals surface area contributed by atoms with Crippen molar-refractivity contribution in [2.24, 2.45) is 0 Å². The van der Waals surface area contributed by atoms with E-state index in [0.29, 0.717) is 17.9 Å². The van der Waals surface area contributed by atoms with Crippen LogP contribution in [0.5, 0.6) is 6.01 Å². The molecule has 0 fully saturated rings. The molecule has 0 spiro atoms. The van der Waals surface area contributed by atoms with Crippen molar-refractivity contribution < 1.29 is 4.74 Å². The van der Waals surface area contributed by atoms with Gasteiger partial charge in [-0.1, -0.05) is 39.0 Å². The van der Waals surface area contributed by atoms with E-state index in [1.54, 1.807) is 7.05 Å². The fourth-order valence-corrected chi connectivity index (χ4v) is 1.92. The number of aromatic nitrogens is 3. The Hall–Kier alpha value is -1.59. The van der Waals surface area contributed by atoms with Crippen LogP contribution in [0.3, 0.4) is 0 Å². The first-order valence-corrected chi connectivity index (χ1v) is 8.00. The summed E-state index contributed by atoms with van der Waals surface area (Å²) < 4.78 is 5.53. The number of unbranched alkanes of at least 4 members (excludes halogenated alkanes) is 5. The lowest BCUT2D eigenvalue weighted by atomic mass is 10.1. The van der Waals surface area contributed by atoms with E-state index in [9.17, 15) is 0 Å². The van der Waals surface area contributed by atoms with Crippen molar-refractivity contribution in [1.82, 2.24) is 15.0 Å². The van der Waals surface area contributed by atoms with Crippen molar-refractivity contribution in [3.05, 3.63) is 0 Å². The molecule has 120 valence electrons. The van der Waals surface area contributed by atoms with Crippen molar-refractivity contribution in [3.8, 4) is 6.01 Å². The molecular weight excluding hydrogens is 266 g/mol. The first-order valence-electron chi connectivity index (χ1n) is 8.00. The minimum Gasteiger partial charge on any atom is -0.461 e. The Kier molecular flexibility index (Phi) is 8.47. The minimum atomic E-state index is 0.0449. The number of rotatable bonds is 11. The molecule has 1 rings (SSSR count). The van der Waals surface area contributed by atoms with Crippen molar-refractivity contribution in [3.63, 3.8) is 0 Å². The molecule has 0 saturated heterocycles. The van der Waals surface area contributed by atoms with Crippen LogP contribution in [-0.2, 0) is 0 Å². The number of ether oxygens (including phenoxy) is 1. The van der Waals surface area contributed by atoms with Crippen molar-refractivity contribution in [2.75, 3.05) is 24.2 Å². The van der Waals surface area contributed by atoms with Crippen molar-refractivity contribution in [2.45, 2.75) is 65.4 Å². The summed E-state index contributed by atoms with van der Waals surface area (Å²) in [4.78, 5) is 12.7. The number of hydrogen-bond acceptors (Lipinski definition) is 6. The molecule has 0 unspecified atom stereocenters. The minimum absolute atomic E-state index is 0.0449. The van der Waals surface area contributed by atoms with Crippen LogP contribution >= 0.6 is 0 Å². The summed E-state index contributed by atoms with van der Waals surface area (Å²) >= 11 is 0. The van der Waals surface area contributed by atoms with E-state index in [1.165, 1.54) is 32.1 Å². The third-order valence-electron chi connectivity index (χ3n) is 2.99. The van der Waals surface area contributed by atoms with Crippen LogP contribution in [0.1, 0.15) is 59.3 Å². The second-order valence-corrected chi connectivity index (χ2v) is 5.38. The second kappa shape index (κ2) is 10.2. The van der Waals surface area contributed by atoms with Gasteiger partial charge < -0.3 is 15.4 Å². The van der Waals surface area contributed by atoms with Gasteiger partial charge >= 0.3 is 6.01 Å². The Labute approximate surface area is 128 Å². The van der Waals surface area contributed by atoms with Gasteiger partial charge in [-0.25, -0.2) is 0 Å². The number of hydrogen-bond donors (Lipinski definition) is 2. The average molecular weight is 295 g/mol. The summed E-state index contributed by atoms with van der Waals surface area (Å²) in [6, 6.07) is 0.356. The smallest absolute Gasteiger partial charge is 0.323 e. The van der Waals surface area contributed by atoms with Gasteiger partial charge in [-0.05, 0) is 20.3 Å². The van der Waals surface area contributed by atoms with Crippen LogP contribution in [0.4, 0.5) is 11.9 Å². The van der Waals surface area contributed by atoms with Gasteiger partial charge in [0.15, 0.2) is 0 Å². The zero-order chi connectivity index (χ0) is 15.5. The maximum absolute atomic E-state index is 5.53. The van der Waals surface area contributed by atoms with E-state index in [0.717, 1.165) is 13.0 Å². The molecule has 1 aromatic rings. The molecule has 21 heavy (non-hydrogen) atoms. The molecule has 0 bridgehead atoms. The van der Waals surface area contributed by atoms with Gasteiger partial charge in [0.2, 0.25) is 11.9 Å². The fourth-order valence-electron chi connectivity index (χ4n) is 1.92. The molecular formula is C15H29N5O. The zero-order valence-corrected chi connectivity index (χ0v) is 13.8. The highest BCUT2D eigenvalue weighted by Gasteiger charge is 2.07. The molecule has 0 atom stereocenters. The first kappa shape index (κ1) is 17.5. The van der Waals surface area contributed by atoms with Gasteiger partial charge in [0.25, 0.3) is 0 Å². The third kappa shape index (κ3) is 7.68. The lowest BCUT2D eigenvalue weighted by molar-refractivity contribution is 0.222. The van der Waals surface area contributed by atoms with Crippen LogP contribution < -0.4 is 15.4 Å². The molecule has 1 heterocycles. The normalized spacial score (nSPS) is 10.7. The molecule has 6 heteroatoms. The summed E-state index contributed by atoms with van der Waals surface area (Å²) in [5, 5.41) is 6.17. The molecule has 0 aliphatic heterocycles. The van der Waals surface area contributed by atoms with Gasteiger partial charge in [0.05, 0.1) is 6.10 Å². The lowest BCUT2D eigenvalue weighted by Gasteiger charge is -2.11. The molecule has 6 nitrogen and oxygen atoms in total. The molecule has 0 aromatic carbocycles. The Morgan fingerprint density at radius 2 is 1.62 bits per heavy atom. The monoisotopic (exact) mass is 295 g/mol. The quantitative estimate of drug-likeness (QED) is 0.609. The van der Waals surface area contributed by atoms with Crippen LogP contribution in [0.15, 0.2) is 0 Å². The topological polar surface area (TPSA) is 72.0 Å². The summed E-state index contributed by atoms with van der Waals surface area (Å²) in [6.07, 6.45) is 7.67. The van der Waals surface area contributed by atoms with Gasteiger partial charge in [-0.2, -0.15) is 15.0 Å². The molecule has 0 radical (unpaired) electrons. The Balaban J connectivity index is 2.39. The molecule has 1 aromatic heterocycles. The van der Waals surface area contributed by atoms with Crippen LogP contribution in [-0.4, -0.2) is 34.6 Å². The summed E-state index contributed by atoms with van der Waals surface area (Å²) in [5.74, 6) is 1.09. The largest absolute Gasteiger partial charge is 0.461 e. The predicted octanol–water partition coefficient (Wildman–Crippen LogP) is 3.47. The lowest BCUT2D eigenvalue weighted by Crippen LogP contribution is -2.13. The molecule has 0 saturated carbocycles. The highest BCUT2D eigenvalue weighted by Crippen LogP contribution is 2.12. The first-order chi connectivity index (χ1) is 10.2.